The van der Waals surface area contributed by atoms with Crippen molar-refractivity contribution in [2.75, 3.05) is 26.1 Å². The molecule has 0 fully saturated rings. The van der Waals surface area contributed by atoms with E-state index in [4.69, 9.17) is 9.47 Å². The molecular formula is C23H38O5S. The van der Waals surface area contributed by atoms with E-state index in [0.717, 1.165) is 76.1 Å². The standard InChI is InChI=1S/C23H38O5S/c1-4-12-22(25)28-20-16-15-19(13-8-6-10-17-27-5-2)23(20)29-18-11-7-9-14-21(24)26-3/h8,13,19H,4-7,9-12,14-18H2,1-3H3/b13-8+. The number of carbonyl (C=O) groups is 2. The molecule has 0 aromatic heterocycles. The molecule has 1 unspecified atom stereocenters. The van der Waals surface area contributed by atoms with E-state index in [-0.39, 0.29) is 11.9 Å². The zero-order valence-electron chi connectivity index (χ0n) is 18.4. The predicted molar refractivity (Wildman–Crippen MR) is 119 cm³/mol. The van der Waals surface area contributed by atoms with E-state index in [1.165, 1.54) is 12.0 Å². The molecule has 0 saturated heterocycles. The van der Waals surface area contributed by atoms with Gasteiger partial charge in [0.15, 0.2) is 0 Å². The molecule has 5 nitrogen and oxygen atoms in total. The molecule has 166 valence electrons. The molecule has 0 bridgehead atoms. The van der Waals surface area contributed by atoms with Gasteiger partial charge in [0, 0.05) is 43.3 Å². The van der Waals surface area contributed by atoms with Crippen LogP contribution in [0.15, 0.2) is 22.8 Å². The first-order valence-corrected chi connectivity index (χ1v) is 12.0. The van der Waals surface area contributed by atoms with Crippen molar-refractivity contribution < 1.29 is 23.8 Å². The fourth-order valence-electron chi connectivity index (χ4n) is 3.15. The van der Waals surface area contributed by atoms with E-state index in [1.54, 1.807) is 0 Å². The number of esters is 2. The summed E-state index contributed by atoms with van der Waals surface area (Å²) in [6, 6.07) is 0. The van der Waals surface area contributed by atoms with Gasteiger partial charge < -0.3 is 14.2 Å². The molecular weight excluding hydrogens is 388 g/mol. The minimum Gasteiger partial charge on any atom is -0.469 e. The van der Waals surface area contributed by atoms with Gasteiger partial charge in [0.25, 0.3) is 0 Å². The fraction of sp³-hybridized carbons (Fsp3) is 0.739. The maximum atomic E-state index is 12.0. The lowest BCUT2D eigenvalue weighted by Crippen LogP contribution is -2.04. The van der Waals surface area contributed by atoms with E-state index < -0.39 is 0 Å². The minimum absolute atomic E-state index is 0.125. The van der Waals surface area contributed by atoms with Crippen molar-refractivity contribution in [3.8, 4) is 0 Å². The van der Waals surface area contributed by atoms with Crippen LogP contribution in [-0.2, 0) is 23.8 Å². The molecule has 6 heteroatoms. The van der Waals surface area contributed by atoms with Gasteiger partial charge in [-0.3, -0.25) is 9.59 Å². The summed E-state index contributed by atoms with van der Waals surface area (Å²) in [5.41, 5.74) is 0. The van der Waals surface area contributed by atoms with Crippen molar-refractivity contribution >= 4 is 23.7 Å². The Hall–Kier alpha value is -1.27. The molecule has 0 aromatic carbocycles. The average Bonchev–Trinajstić information content (AvgIpc) is 3.08. The van der Waals surface area contributed by atoms with Crippen LogP contribution in [0.25, 0.3) is 0 Å². The Morgan fingerprint density at radius 2 is 1.93 bits per heavy atom. The molecule has 1 atom stereocenters. The van der Waals surface area contributed by atoms with Crippen LogP contribution in [0.2, 0.25) is 0 Å². The summed E-state index contributed by atoms with van der Waals surface area (Å²) in [5, 5.41) is 0. The van der Waals surface area contributed by atoms with Gasteiger partial charge in [0.1, 0.15) is 5.76 Å². The summed E-state index contributed by atoms with van der Waals surface area (Å²) in [4.78, 5) is 24.4. The largest absolute Gasteiger partial charge is 0.469 e. The number of ether oxygens (including phenoxy) is 3. The highest BCUT2D eigenvalue weighted by Crippen LogP contribution is 2.41. The molecule has 0 aromatic rings. The topological polar surface area (TPSA) is 61.8 Å². The van der Waals surface area contributed by atoms with E-state index in [9.17, 15) is 9.59 Å². The van der Waals surface area contributed by atoms with Gasteiger partial charge in [-0.15, -0.1) is 11.8 Å². The van der Waals surface area contributed by atoms with Gasteiger partial charge in [0.05, 0.1) is 7.11 Å². The first-order valence-electron chi connectivity index (χ1n) is 11.0. The van der Waals surface area contributed by atoms with E-state index in [2.05, 4.69) is 16.9 Å². The van der Waals surface area contributed by atoms with E-state index in [0.29, 0.717) is 18.8 Å². The number of rotatable bonds is 16. The Bertz CT molecular complexity index is 541. The number of carbonyl (C=O) groups excluding carboxylic acids is 2. The number of methoxy groups -OCH3 is 1. The second kappa shape index (κ2) is 16.5. The molecule has 29 heavy (non-hydrogen) atoms. The molecule has 0 aliphatic heterocycles. The SMILES string of the molecule is CCCC(=O)OC1=C(SCCCCCC(=O)OC)C(/C=C/CCCOCC)CC1. The predicted octanol–water partition coefficient (Wildman–Crippen LogP) is 5.79. The highest BCUT2D eigenvalue weighted by molar-refractivity contribution is 8.03. The molecule has 0 amide bonds. The summed E-state index contributed by atoms with van der Waals surface area (Å²) in [6.45, 7) is 5.57. The van der Waals surface area contributed by atoms with Crippen molar-refractivity contribution in [1.82, 2.24) is 0 Å². The third kappa shape index (κ3) is 11.5. The zero-order valence-corrected chi connectivity index (χ0v) is 19.2. The number of unbranched alkanes of at least 4 members (excludes halogenated alkanes) is 3. The van der Waals surface area contributed by atoms with E-state index in [1.807, 2.05) is 25.6 Å². The van der Waals surface area contributed by atoms with Crippen LogP contribution in [0.5, 0.6) is 0 Å². The minimum atomic E-state index is -0.143. The monoisotopic (exact) mass is 426 g/mol. The number of hydrogen-bond acceptors (Lipinski definition) is 6. The van der Waals surface area contributed by atoms with Crippen molar-refractivity contribution in [3.05, 3.63) is 22.8 Å². The maximum absolute atomic E-state index is 12.0. The second-order valence-corrected chi connectivity index (χ2v) is 8.30. The normalized spacial score (nSPS) is 16.6. The van der Waals surface area contributed by atoms with Gasteiger partial charge in [0.2, 0.25) is 0 Å². The first kappa shape index (κ1) is 25.8. The Labute approximate surface area is 180 Å². The average molecular weight is 427 g/mol. The smallest absolute Gasteiger partial charge is 0.310 e. The molecule has 0 N–H and O–H groups in total. The molecule has 1 aliphatic carbocycles. The molecule has 0 radical (unpaired) electrons. The fourth-order valence-corrected chi connectivity index (χ4v) is 4.44. The van der Waals surface area contributed by atoms with Gasteiger partial charge >= 0.3 is 11.9 Å². The van der Waals surface area contributed by atoms with Crippen LogP contribution >= 0.6 is 11.8 Å². The van der Waals surface area contributed by atoms with Crippen molar-refractivity contribution in [2.24, 2.45) is 5.92 Å². The molecule has 0 spiro atoms. The zero-order chi connectivity index (χ0) is 21.3. The molecule has 0 heterocycles. The van der Waals surface area contributed by atoms with Crippen molar-refractivity contribution in [1.29, 1.82) is 0 Å². The number of hydrogen-bond donors (Lipinski definition) is 0. The summed E-state index contributed by atoms with van der Waals surface area (Å²) < 4.78 is 15.7. The van der Waals surface area contributed by atoms with Crippen LogP contribution in [0.1, 0.15) is 78.1 Å². The summed E-state index contributed by atoms with van der Waals surface area (Å²) >= 11 is 1.81. The maximum Gasteiger partial charge on any atom is 0.310 e. The van der Waals surface area contributed by atoms with E-state index >= 15 is 0 Å². The molecule has 0 saturated carbocycles. The number of allylic oxidation sites excluding steroid dienone is 4. The lowest BCUT2D eigenvalue weighted by Gasteiger charge is -2.12. The Balaban J connectivity index is 2.53. The highest BCUT2D eigenvalue weighted by atomic mass is 32.2. The highest BCUT2D eigenvalue weighted by Gasteiger charge is 2.26. The Kier molecular flexibility index (Phi) is 14.7. The summed E-state index contributed by atoms with van der Waals surface area (Å²) in [7, 11) is 1.43. The Morgan fingerprint density at radius 1 is 1.10 bits per heavy atom. The van der Waals surface area contributed by atoms with Gasteiger partial charge in [-0.1, -0.05) is 25.5 Å². The third-order valence-electron chi connectivity index (χ3n) is 4.73. The first-order chi connectivity index (χ1) is 14.1. The number of thioether (sulfide) groups is 1. The Morgan fingerprint density at radius 3 is 2.66 bits per heavy atom. The quantitative estimate of drug-likeness (QED) is 0.177. The lowest BCUT2D eigenvalue weighted by atomic mass is 10.1. The third-order valence-corrected chi connectivity index (χ3v) is 6.06. The van der Waals surface area contributed by atoms with Crippen molar-refractivity contribution in [3.63, 3.8) is 0 Å². The molecule has 1 aliphatic rings. The van der Waals surface area contributed by atoms with Gasteiger partial charge in [-0.05, 0) is 51.2 Å². The van der Waals surface area contributed by atoms with Gasteiger partial charge in [-0.2, -0.15) is 0 Å². The molecule has 1 rings (SSSR count). The van der Waals surface area contributed by atoms with Crippen LogP contribution in [0.3, 0.4) is 0 Å². The van der Waals surface area contributed by atoms with Crippen LogP contribution in [-0.4, -0.2) is 38.0 Å². The van der Waals surface area contributed by atoms with Crippen LogP contribution in [0, 0.1) is 5.92 Å². The second-order valence-electron chi connectivity index (χ2n) is 7.16. The van der Waals surface area contributed by atoms with Crippen LogP contribution < -0.4 is 0 Å². The summed E-state index contributed by atoms with van der Waals surface area (Å²) in [6.07, 6.45) is 13.0. The van der Waals surface area contributed by atoms with Crippen molar-refractivity contribution in [2.45, 2.75) is 78.1 Å². The van der Waals surface area contributed by atoms with Crippen LogP contribution in [0.4, 0.5) is 0 Å². The summed E-state index contributed by atoms with van der Waals surface area (Å²) in [5.74, 6) is 1.91. The van der Waals surface area contributed by atoms with Gasteiger partial charge in [-0.25, -0.2) is 0 Å². The lowest BCUT2D eigenvalue weighted by molar-refractivity contribution is -0.141.